The zero-order valence-corrected chi connectivity index (χ0v) is 25.6. The van der Waals surface area contributed by atoms with Crippen molar-refractivity contribution in [2.75, 3.05) is 0 Å². The van der Waals surface area contributed by atoms with Crippen LogP contribution in [0.25, 0.3) is 22.5 Å². The number of nitrogens with zero attached hydrogens (tertiary/aromatic N) is 2. The molecule has 0 fully saturated rings. The van der Waals surface area contributed by atoms with E-state index >= 15 is 0 Å². The van der Waals surface area contributed by atoms with E-state index in [9.17, 15) is 25.9 Å². The van der Waals surface area contributed by atoms with E-state index < -0.39 is 29.7 Å². The van der Waals surface area contributed by atoms with E-state index in [0.29, 0.717) is 22.3 Å². The summed E-state index contributed by atoms with van der Waals surface area (Å²) >= 11 is 0. The monoisotopic (exact) mass is 656 g/mol. The molecule has 0 radical (unpaired) electrons. The molecule has 2 atom stereocenters. The maximum absolute atomic E-state index is 13.2. The van der Waals surface area contributed by atoms with Crippen molar-refractivity contribution in [2.45, 2.75) is 22.3 Å². The van der Waals surface area contributed by atoms with Gasteiger partial charge in [-0.25, -0.2) is 11.0 Å². The molecule has 8 N–H and O–H groups in total. The van der Waals surface area contributed by atoms with Crippen LogP contribution < -0.4 is 11.5 Å². The van der Waals surface area contributed by atoms with E-state index in [4.69, 9.17) is 14.3 Å². The Balaban J connectivity index is 1.44. The van der Waals surface area contributed by atoms with Crippen LogP contribution >= 0.6 is 0 Å². The minimum absolute atomic E-state index is 0.0296. The Morgan fingerprint density at radius 3 is 1.28 bits per heavy atom. The van der Waals surface area contributed by atoms with Gasteiger partial charge in [0.15, 0.2) is 9.49 Å². The highest BCUT2D eigenvalue weighted by molar-refractivity contribution is 7.87. The molecule has 14 heteroatoms. The van der Waals surface area contributed by atoms with Crippen LogP contribution in [0.5, 0.6) is 0 Å². The highest BCUT2D eigenvalue weighted by Crippen LogP contribution is 2.51. The largest absolute Gasteiger partial charge is 0.397 e. The SMILES string of the molecule is [H]/N=N/C1=C(N)c2ccccc2C(c2ccc(-c3ccc(C4(S(=O)(=O)O)CC(/N=N/[H])=C(N)c5ccccc54)cc3)cc2)(S(=O)(=O)O)C1. The lowest BCUT2D eigenvalue weighted by Crippen LogP contribution is -2.40. The third-order valence-corrected chi connectivity index (χ3v) is 11.9. The summed E-state index contributed by atoms with van der Waals surface area (Å²) in [6, 6.07) is 25.7. The Bertz CT molecular complexity index is 2130. The molecule has 0 aromatic heterocycles. The van der Waals surface area contributed by atoms with Crippen molar-refractivity contribution in [1.29, 1.82) is 11.0 Å². The predicted octanol–water partition coefficient (Wildman–Crippen LogP) is 5.74. The maximum Gasteiger partial charge on any atom is 0.279 e. The van der Waals surface area contributed by atoms with Crippen molar-refractivity contribution in [3.8, 4) is 11.1 Å². The first-order valence-electron chi connectivity index (χ1n) is 14.7. The lowest BCUT2D eigenvalue weighted by Gasteiger charge is -2.37. The van der Waals surface area contributed by atoms with Crippen LogP contribution in [0.15, 0.2) is 119 Å². The van der Waals surface area contributed by atoms with E-state index in [1.54, 1.807) is 97.1 Å². The van der Waals surface area contributed by atoms with Gasteiger partial charge in [0.1, 0.15) is 0 Å². The van der Waals surface area contributed by atoms with Crippen molar-refractivity contribution in [3.05, 3.63) is 142 Å². The highest BCUT2D eigenvalue weighted by Gasteiger charge is 2.52. The van der Waals surface area contributed by atoms with E-state index in [0.717, 1.165) is 0 Å². The third-order valence-electron chi connectivity index (χ3n) is 8.92. The van der Waals surface area contributed by atoms with Crippen molar-refractivity contribution >= 4 is 31.6 Å². The molecule has 2 unspecified atom stereocenters. The van der Waals surface area contributed by atoms with Crippen LogP contribution in [-0.4, -0.2) is 25.9 Å². The molecule has 4 aromatic rings. The molecule has 0 heterocycles. The fourth-order valence-corrected chi connectivity index (χ4v) is 9.04. The minimum Gasteiger partial charge on any atom is -0.397 e. The maximum atomic E-state index is 13.2. The first kappa shape index (κ1) is 28.5. The lowest BCUT2D eigenvalue weighted by atomic mass is 9.78. The summed E-state index contributed by atoms with van der Waals surface area (Å²) in [4.78, 5) is 0. The van der Waals surface area contributed by atoms with Gasteiger partial charge in [-0.3, -0.25) is 9.11 Å². The van der Waals surface area contributed by atoms with E-state index in [1.165, 1.54) is 0 Å². The van der Waals surface area contributed by atoms with Gasteiger partial charge in [0.05, 0.1) is 22.8 Å². The van der Waals surface area contributed by atoms with Crippen LogP contribution in [0.3, 0.4) is 0 Å². The van der Waals surface area contributed by atoms with Gasteiger partial charge in [-0.15, -0.1) is 0 Å². The zero-order chi connectivity index (χ0) is 34.5. The molecule has 234 valence electrons. The van der Waals surface area contributed by atoms with Crippen molar-refractivity contribution in [3.63, 3.8) is 0 Å². The molecule has 0 bridgehead atoms. The molecule has 0 aliphatic heterocycles. The average molecular weight is 657 g/mol. The van der Waals surface area contributed by atoms with Crippen LogP contribution in [0.1, 0.15) is 46.2 Å². The summed E-state index contributed by atoms with van der Waals surface area (Å²) in [6.07, 6.45) is -0.740. The van der Waals surface area contributed by atoms with Gasteiger partial charge >= 0.3 is 0 Å². The second-order valence-corrected chi connectivity index (χ2v) is 14.4. The number of hydrogen-bond acceptors (Lipinski definition) is 10. The minimum atomic E-state index is -4.85. The van der Waals surface area contributed by atoms with E-state index in [2.05, 4.69) is 21.3 Å². The molecule has 4 aromatic carbocycles. The molecule has 12 nitrogen and oxygen atoms in total. The van der Waals surface area contributed by atoms with Crippen molar-refractivity contribution < 1.29 is 28.8 Å². The topological polar surface area (TPSA) is 233 Å². The molecule has 46 heavy (non-hydrogen) atoms. The van der Waals surface area contributed by atoms with Gasteiger partial charge in [0.25, 0.3) is 20.2 Å². The van der Waals surface area contributed by atoms with Crippen LogP contribution in [0.4, 0.5) is 0 Å². The van der Waals surface area contributed by atoms with E-state index in [-0.39, 0.29) is 57.9 Å². The summed E-state index contributed by atoms with van der Waals surface area (Å²) in [5.74, 6) is 0. The number of benzene rings is 4. The quantitative estimate of drug-likeness (QED) is 0.106. The van der Waals surface area contributed by atoms with Gasteiger partial charge in [-0.1, -0.05) is 97.1 Å². The smallest absolute Gasteiger partial charge is 0.279 e. The van der Waals surface area contributed by atoms with E-state index in [1.807, 2.05) is 0 Å². The van der Waals surface area contributed by atoms with Crippen LogP contribution in [0, 0.1) is 11.0 Å². The van der Waals surface area contributed by atoms with Crippen LogP contribution in [-0.2, 0) is 29.7 Å². The van der Waals surface area contributed by atoms with Gasteiger partial charge in [0, 0.05) is 24.0 Å². The standard InChI is InChI=1S/C32H28N6O6S2/c33-29-23-5-1-3-7-25(23)31(45(39,40)41,17-27(29)37-35)21-13-9-19(10-14-21)20-11-15-22(16-12-20)32(46(42,43)44)18-28(38-36)30(34)24-6-2-4-8-26(24)32/h1-16,35-36H,17-18,33-34H2,(H,39,40,41)(H,42,43,44)/b37-35+,38-36+. The number of rotatable bonds is 7. The second-order valence-electron chi connectivity index (χ2n) is 11.1. The van der Waals surface area contributed by atoms with Gasteiger partial charge in [-0.2, -0.15) is 27.1 Å². The number of allylic oxidation sites excluding steroid dienone is 2. The Morgan fingerprint density at radius 1 is 0.609 bits per heavy atom. The average Bonchev–Trinajstić information content (AvgIpc) is 3.07. The fourth-order valence-electron chi connectivity index (χ4n) is 6.62. The van der Waals surface area contributed by atoms with Gasteiger partial charge in [0.2, 0.25) is 2.82 Å². The van der Waals surface area contributed by atoms with Gasteiger partial charge < -0.3 is 11.5 Å². The second kappa shape index (κ2) is 10.8. The summed E-state index contributed by atoms with van der Waals surface area (Å²) in [5, 5.41) is 7.49. The van der Waals surface area contributed by atoms with Crippen LogP contribution in [0.2, 0.25) is 2.82 Å². The fraction of sp³-hybridized carbons (Fsp3) is 0.125. The Hall–Kier alpha value is -5.02. The predicted molar refractivity (Wildman–Crippen MR) is 171 cm³/mol. The summed E-state index contributed by atoms with van der Waals surface area (Å²) in [6.45, 7) is 0. The number of hydrogen-bond donors (Lipinski definition) is 6. The molecule has 2 aliphatic carbocycles. The molecule has 6 rings (SSSR count). The molecule has 2 aliphatic rings. The Kier molecular flexibility index (Phi) is 6.68. The Labute approximate surface area is 267 Å². The third kappa shape index (κ3) is 4.41. The summed E-state index contributed by atoms with van der Waals surface area (Å²) < 4.78 is 84.8. The summed E-state index contributed by atoms with van der Waals surface area (Å²) in [7, 11) is -9.71. The highest BCUT2D eigenvalue weighted by atomic mass is 32.2. The first-order chi connectivity index (χ1) is 22.8. The molecule has 0 spiro atoms. The number of nitrogens with two attached hydrogens (primary N) is 2. The lowest BCUT2D eigenvalue weighted by molar-refractivity contribution is 0.439. The van der Waals surface area contributed by atoms with Crippen molar-refractivity contribution in [1.82, 2.24) is 0 Å². The normalized spacial score (nSPS) is 22.5. The molecular weight excluding hydrogens is 629 g/mol. The molecular formula is C32H28N6O6S2. The number of fused-ring (bicyclic) bond motifs is 2. The van der Waals surface area contributed by atoms with Crippen molar-refractivity contribution in [2.24, 2.45) is 21.7 Å². The van der Waals surface area contributed by atoms with Gasteiger partial charge in [-0.05, 0) is 33.4 Å². The summed E-state index contributed by atoms with van der Waals surface area (Å²) in [5.41, 5.74) is 21.8. The Morgan fingerprint density at radius 2 is 0.957 bits per heavy atom. The molecule has 0 saturated heterocycles. The molecule has 0 saturated carbocycles. The number of nitrogens with one attached hydrogen (secondary N) is 2. The molecule has 0 amide bonds. The zero-order valence-electron chi connectivity index (χ0n) is 25.9. The first-order valence-corrected chi connectivity index (χ1v) is 16.7.